The van der Waals surface area contributed by atoms with Crippen LogP contribution in [0.1, 0.15) is 32.6 Å². The van der Waals surface area contributed by atoms with E-state index < -0.39 is 0 Å². The second kappa shape index (κ2) is 6.81. The van der Waals surface area contributed by atoms with Crippen LogP contribution in [-0.2, 0) is 0 Å². The molecule has 1 atom stereocenters. The molecule has 94 valence electrons. The normalized spacial score (nSPS) is 9.89. The van der Waals surface area contributed by atoms with Crippen molar-refractivity contribution in [2.75, 3.05) is 0 Å². The summed E-state index contributed by atoms with van der Waals surface area (Å²) in [5, 5.41) is 1.12. The maximum atomic E-state index is 12.5. The number of benzene rings is 2. The van der Waals surface area contributed by atoms with Gasteiger partial charge in [0.05, 0.1) is 0 Å². The Morgan fingerprint density at radius 2 is 1.58 bits per heavy atom. The van der Waals surface area contributed by atoms with Crippen LogP contribution in [0.4, 0.5) is 0 Å². The average molecular weight is 280 g/mol. The Balaban J connectivity index is 0.00000180. The predicted octanol–water partition coefficient (Wildman–Crippen LogP) is 2.69. The van der Waals surface area contributed by atoms with Crippen LogP contribution in [0, 0.1) is 20.8 Å². The average Bonchev–Trinajstić information content (AvgIpc) is 2.37. The van der Waals surface area contributed by atoms with Gasteiger partial charge in [0.1, 0.15) is 0 Å². The summed E-state index contributed by atoms with van der Waals surface area (Å²) < 4.78 is 0. The van der Waals surface area contributed by atoms with Gasteiger partial charge in [-0.15, -0.1) is 9.24 Å². The second-order valence-corrected chi connectivity index (χ2v) is 5.20. The van der Waals surface area contributed by atoms with E-state index in [2.05, 4.69) is 22.2 Å². The Morgan fingerprint density at radius 1 is 1.00 bits per heavy atom. The number of rotatable bonds is 2. The van der Waals surface area contributed by atoms with Gasteiger partial charge in [0.25, 0.3) is 0 Å². The Morgan fingerprint density at radius 3 is 2.16 bits per heavy atom. The molecule has 2 aromatic carbocycles. The van der Waals surface area contributed by atoms with E-state index in [1.807, 2.05) is 44.2 Å². The molecule has 0 aliphatic rings. The van der Waals surface area contributed by atoms with Gasteiger partial charge in [0.2, 0.25) is 0 Å². The van der Waals surface area contributed by atoms with Gasteiger partial charge in [-0.25, -0.2) is 0 Å². The minimum absolute atomic E-state index is 0. The molecule has 0 heterocycles. The molecule has 2 aromatic rings. The molecule has 0 spiro atoms. The van der Waals surface area contributed by atoms with Crippen LogP contribution in [0.2, 0.25) is 0 Å². The Kier molecular flexibility index (Phi) is 5.95. The second-order valence-electron chi connectivity index (χ2n) is 4.62. The van der Waals surface area contributed by atoms with Gasteiger partial charge in [-0.2, -0.15) is 0 Å². The first-order chi connectivity index (χ1) is 8.52. The van der Waals surface area contributed by atoms with Crippen LogP contribution in [0.3, 0.4) is 0 Å². The van der Waals surface area contributed by atoms with E-state index in [0.717, 1.165) is 27.6 Å². The minimum atomic E-state index is 0. The number of carbonyl (C=O) groups excluding carboxylic acids is 1. The third-order valence-electron chi connectivity index (χ3n) is 3.29. The van der Waals surface area contributed by atoms with Crippen LogP contribution in [-0.4, -0.2) is 35.3 Å². The van der Waals surface area contributed by atoms with Crippen LogP contribution in [0.5, 0.6) is 0 Å². The molecule has 2 rings (SSSR count). The van der Waals surface area contributed by atoms with Crippen LogP contribution in [0.25, 0.3) is 0 Å². The van der Waals surface area contributed by atoms with E-state index in [9.17, 15) is 4.79 Å². The topological polar surface area (TPSA) is 17.1 Å². The predicted molar refractivity (Wildman–Crippen MR) is 87.0 cm³/mol. The molecular weight excluding hydrogens is 262 g/mol. The van der Waals surface area contributed by atoms with E-state index >= 15 is 0 Å². The monoisotopic (exact) mass is 280 g/mol. The summed E-state index contributed by atoms with van der Waals surface area (Å²) in [6.07, 6.45) is 0. The van der Waals surface area contributed by atoms with Crippen molar-refractivity contribution in [2.45, 2.75) is 20.8 Å². The van der Waals surface area contributed by atoms with Gasteiger partial charge >= 0.3 is 29.6 Å². The summed E-state index contributed by atoms with van der Waals surface area (Å²) >= 11 is 0. The summed E-state index contributed by atoms with van der Waals surface area (Å²) in [6, 6.07) is 11.5. The summed E-state index contributed by atoms with van der Waals surface area (Å²) in [5.74, 6) is 0.106. The van der Waals surface area contributed by atoms with E-state index in [1.54, 1.807) is 0 Å². The first-order valence-electron chi connectivity index (χ1n) is 5.98. The van der Waals surface area contributed by atoms with Crippen molar-refractivity contribution in [1.29, 1.82) is 0 Å². The molecule has 0 bridgehead atoms. The molecule has 19 heavy (non-hydrogen) atoms. The standard InChI is InChI=1S/C16H17OP.Na.H/c1-10-9-11(2)16(18)12(3)14(10)15(17)13-7-5-4-6-8-13;;/h4-9H,18H2,1-3H3;;. The number of ketones is 1. The summed E-state index contributed by atoms with van der Waals surface area (Å²) in [5.41, 5.74) is 4.89. The fourth-order valence-corrected chi connectivity index (χ4v) is 2.51. The fourth-order valence-electron chi connectivity index (χ4n) is 2.28. The zero-order valence-corrected chi connectivity index (χ0v) is 12.1. The molecule has 0 saturated carbocycles. The number of hydrogen-bond donors (Lipinski definition) is 0. The van der Waals surface area contributed by atoms with E-state index in [1.165, 1.54) is 5.56 Å². The van der Waals surface area contributed by atoms with Gasteiger partial charge in [-0.1, -0.05) is 36.4 Å². The third kappa shape index (κ3) is 3.35. The van der Waals surface area contributed by atoms with Crippen molar-refractivity contribution >= 4 is 49.9 Å². The van der Waals surface area contributed by atoms with E-state index in [-0.39, 0.29) is 35.3 Å². The number of aryl methyl sites for hydroxylation is 2. The van der Waals surface area contributed by atoms with Crippen molar-refractivity contribution in [1.82, 2.24) is 0 Å². The first-order valence-corrected chi connectivity index (χ1v) is 6.56. The quantitative estimate of drug-likeness (QED) is 0.469. The molecule has 0 amide bonds. The van der Waals surface area contributed by atoms with Crippen LogP contribution < -0.4 is 5.30 Å². The zero-order chi connectivity index (χ0) is 13.3. The van der Waals surface area contributed by atoms with E-state index in [0.29, 0.717) is 0 Å². The van der Waals surface area contributed by atoms with Gasteiger partial charge in [0, 0.05) is 11.1 Å². The van der Waals surface area contributed by atoms with Crippen molar-refractivity contribution in [2.24, 2.45) is 0 Å². The SMILES string of the molecule is Cc1cc(C)c(C(=O)c2ccccc2)c(C)c1P.[NaH]. The molecule has 0 saturated heterocycles. The molecule has 0 aromatic heterocycles. The fraction of sp³-hybridized carbons (Fsp3) is 0.188. The molecular formula is C16H18NaOP. The number of hydrogen-bond acceptors (Lipinski definition) is 1. The Bertz CT molecular complexity index is 606. The Labute approximate surface area is 139 Å². The van der Waals surface area contributed by atoms with Crippen LogP contribution in [0.15, 0.2) is 36.4 Å². The molecule has 1 nitrogen and oxygen atoms in total. The maximum absolute atomic E-state index is 12.5. The van der Waals surface area contributed by atoms with Crippen molar-refractivity contribution < 1.29 is 4.79 Å². The van der Waals surface area contributed by atoms with Crippen LogP contribution >= 0.6 is 9.24 Å². The molecule has 0 radical (unpaired) electrons. The zero-order valence-electron chi connectivity index (χ0n) is 10.9. The van der Waals surface area contributed by atoms with Crippen molar-refractivity contribution in [3.05, 3.63) is 64.2 Å². The van der Waals surface area contributed by atoms with Gasteiger partial charge in [0.15, 0.2) is 5.78 Å². The summed E-state index contributed by atoms with van der Waals surface area (Å²) in [4.78, 5) is 12.5. The van der Waals surface area contributed by atoms with Gasteiger partial charge in [-0.05, 0) is 42.8 Å². The van der Waals surface area contributed by atoms with Gasteiger partial charge in [-0.3, -0.25) is 4.79 Å². The molecule has 1 unspecified atom stereocenters. The molecule has 0 aliphatic carbocycles. The first kappa shape index (κ1) is 16.6. The van der Waals surface area contributed by atoms with E-state index in [4.69, 9.17) is 0 Å². The molecule has 0 aliphatic heterocycles. The third-order valence-corrected chi connectivity index (χ3v) is 4.18. The summed E-state index contributed by atoms with van der Waals surface area (Å²) in [7, 11) is 2.73. The number of carbonyl (C=O) groups is 1. The van der Waals surface area contributed by atoms with Crippen molar-refractivity contribution in [3.8, 4) is 0 Å². The molecule has 3 heteroatoms. The van der Waals surface area contributed by atoms with Gasteiger partial charge < -0.3 is 0 Å². The van der Waals surface area contributed by atoms with Crippen molar-refractivity contribution in [3.63, 3.8) is 0 Å². The molecule has 0 fully saturated rings. The summed E-state index contributed by atoms with van der Waals surface area (Å²) in [6.45, 7) is 6.08. The molecule has 0 N–H and O–H groups in total. The Hall–Kier alpha value is -0.460.